The number of thiol groups is 1. The van der Waals surface area contributed by atoms with Crippen molar-refractivity contribution in [1.29, 1.82) is 0 Å². The van der Waals surface area contributed by atoms with Crippen LogP contribution in [0.4, 0.5) is 0 Å². The fraction of sp³-hybridized carbons (Fsp3) is 0.300. The highest BCUT2D eigenvalue weighted by molar-refractivity contribution is 7.81. The molecule has 3 aromatic carbocycles. The maximum atomic E-state index is 5.04. The smallest absolute Gasteiger partial charge is 0.0378 e. The lowest BCUT2D eigenvalue weighted by molar-refractivity contribution is 0.410. The summed E-state index contributed by atoms with van der Waals surface area (Å²) >= 11 is 5.04. The van der Waals surface area contributed by atoms with Gasteiger partial charge in [-0.15, -0.1) is 0 Å². The summed E-state index contributed by atoms with van der Waals surface area (Å²) in [5, 5.41) is 5.35. The Morgan fingerprint density at radius 2 is 1.43 bits per heavy atom. The van der Waals surface area contributed by atoms with Gasteiger partial charge < -0.3 is 0 Å². The van der Waals surface area contributed by atoms with Gasteiger partial charge in [0.15, 0.2) is 0 Å². The highest BCUT2D eigenvalue weighted by Crippen LogP contribution is 2.43. The second-order valence-corrected chi connectivity index (χ2v) is 7.17. The molecule has 0 bridgehead atoms. The molecule has 0 heterocycles. The number of rotatable bonds is 1. The predicted octanol–water partition coefficient (Wildman–Crippen LogP) is 6.08. The lowest BCUT2D eigenvalue weighted by atomic mass is 9.82. The van der Waals surface area contributed by atoms with E-state index >= 15 is 0 Å². The van der Waals surface area contributed by atoms with Crippen molar-refractivity contribution < 1.29 is 0 Å². The second kappa shape index (κ2) is 5.06. The first-order valence-corrected chi connectivity index (χ1v) is 8.35. The van der Waals surface area contributed by atoms with Crippen LogP contribution in [0.25, 0.3) is 21.5 Å². The Hall–Kier alpha value is -1.47. The number of hydrogen-bond donors (Lipinski definition) is 1. The standard InChI is InChI=1S/C20H20S/c21-20(12-4-1-5-13-20)17-10-11-19-16(14-17)9-8-15-6-2-3-7-18(15)19/h2-3,6-11,14,21H,1,4-5,12-13H2. The SMILES string of the molecule is SC1(c2ccc3c(ccc4ccccc43)c2)CCCCC1. The van der Waals surface area contributed by atoms with Crippen molar-refractivity contribution in [2.75, 3.05) is 0 Å². The van der Waals surface area contributed by atoms with Gasteiger partial charge in [-0.3, -0.25) is 0 Å². The molecule has 0 atom stereocenters. The van der Waals surface area contributed by atoms with Gasteiger partial charge in [0.25, 0.3) is 0 Å². The minimum Gasteiger partial charge on any atom is -0.168 e. The molecule has 0 spiro atoms. The molecule has 1 aliphatic rings. The van der Waals surface area contributed by atoms with Crippen LogP contribution in [-0.2, 0) is 4.75 Å². The van der Waals surface area contributed by atoms with Crippen molar-refractivity contribution in [3.8, 4) is 0 Å². The van der Waals surface area contributed by atoms with E-state index < -0.39 is 0 Å². The summed E-state index contributed by atoms with van der Waals surface area (Å²) in [4.78, 5) is 0. The van der Waals surface area contributed by atoms with Crippen molar-refractivity contribution in [2.45, 2.75) is 36.9 Å². The van der Waals surface area contributed by atoms with Crippen LogP contribution in [0.15, 0.2) is 54.6 Å². The van der Waals surface area contributed by atoms with Gasteiger partial charge in [0, 0.05) is 4.75 Å². The summed E-state index contributed by atoms with van der Waals surface area (Å²) in [5.41, 5.74) is 1.40. The number of benzene rings is 3. The molecule has 0 nitrogen and oxygen atoms in total. The molecule has 4 rings (SSSR count). The molecule has 0 saturated heterocycles. The summed E-state index contributed by atoms with van der Waals surface area (Å²) in [6, 6.07) is 20.1. The molecule has 1 heteroatoms. The molecule has 1 fully saturated rings. The van der Waals surface area contributed by atoms with Gasteiger partial charge in [-0.1, -0.05) is 67.8 Å². The first-order chi connectivity index (χ1) is 10.3. The Morgan fingerprint density at radius 3 is 2.29 bits per heavy atom. The van der Waals surface area contributed by atoms with E-state index in [2.05, 4.69) is 54.6 Å². The van der Waals surface area contributed by atoms with Crippen molar-refractivity contribution in [3.63, 3.8) is 0 Å². The third-order valence-corrected chi connectivity index (χ3v) is 5.67. The molecule has 0 amide bonds. The topological polar surface area (TPSA) is 0 Å². The minimum absolute atomic E-state index is 0.0814. The number of fused-ring (bicyclic) bond motifs is 3. The van der Waals surface area contributed by atoms with Gasteiger partial charge in [-0.25, -0.2) is 0 Å². The van der Waals surface area contributed by atoms with Crippen molar-refractivity contribution in [2.24, 2.45) is 0 Å². The van der Waals surface area contributed by atoms with Gasteiger partial charge in [-0.05, 0) is 46.0 Å². The molecule has 0 radical (unpaired) electrons. The highest BCUT2D eigenvalue weighted by atomic mass is 32.1. The zero-order valence-electron chi connectivity index (χ0n) is 12.2. The number of hydrogen-bond acceptors (Lipinski definition) is 1. The van der Waals surface area contributed by atoms with Crippen LogP contribution >= 0.6 is 12.6 Å². The molecule has 0 N–H and O–H groups in total. The second-order valence-electron chi connectivity index (χ2n) is 6.31. The normalized spacial score (nSPS) is 18.1. The summed E-state index contributed by atoms with van der Waals surface area (Å²) in [5.74, 6) is 0. The van der Waals surface area contributed by atoms with E-state index in [1.54, 1.807) is 0 Å². The molecule has 0 unspecified atom stereocenters. The van der Waals surface area contributed by atoms with Crippen molar-refractivity contribution in [3.05, 3.63) is 60.2 Å². The van der Waals surface area contributed by atoms with E-state index in [0.717, 1.165) is 0 Å². The van der Waals surface area contributed by atoms with Crippen LogP contribution in [0.3, 0.4) is 0 Å². The molecule has 106 valence electrons. The zero-order valence-corrected chi connectivity index (χ0v) is 13.1. The third kappa shape index (κ3) is 2.24. The highest BCUT2D eigenvalue weighted by Gasteiger charge is 2.29. The predicted molar refractivity (Wildman–Crippen MR) is 95.2 cm³/mol. The van der Waals surface area contributed by atoms with Crippen LogP contribution in [0.1, 0.15) is 37.7 Å². The molecular formula is C20H20S. The van der Waals surface area contributed by atoms with Gasteiger partial charge in [-0.2, -0.15) is 12.6 Å². The van der Waals surface area contributed by atoms with E-state index in [1.165, 1.54) is 59.2 Å². The Balaban J connectivity index is 1.89. The monoisotopic (exact) mass is 292 g/mol. The maximum absolute atomic E-state index is 5.04. The first kappa shape index (κ1) is 13.2. The van der Waals surface area contributed by atoms with Gasteiger partial charge >= 0.3 is 0 Å². The average molecular weight is 292 g/mol. The molecular weight excluding hydrogens is 272 g/mol. The van der Waals surface area contributed by atoms with Gasteiger partial charge in [0.05, 0.1) is 0 Å². The minimum atomic E-state index is 0.0814. The van der Waals surface area contributed by atoms with Crippen molar-refractivity contribution >= 4 is 34.2 Å². The van der Waals surface area contributed by atoms with E-state index in [-0.39, 0.29) is 4.75 Å². The summed E-state index contributed by atoms with van der Waals surface area (Å²) in [7, 11) is 0. The molecule has 0 aromatic heterocycles. The van der Waals surface area contributed by atoms with Crippen LogP contribution in [0.5, 0.6) is 0 Å². The van der Waals surface area contributed by atoms with E-state index in [9.17, 15) is 0 Å². The first-order valence-electron chi connectivity index (χ1n) is 7.91. The fourth-order valence-electron chi connectivity index (χ4n) is 3.73. The summed E-state index contributed by atoms with van der Waals surface area (Å²) < 4.78 is 0.0814. The van der Waals surface area contributed by atoms with Crippen LogP contribution in [0, 0.1) is 0 Å². The molecule has 1 saturated carbocycles. The van der Waals surface area contributed by atoms with Crippen LogP contribution in [-0.4, -0.2) is 0 Å². The van der Waals surface area contributed by atoms with E-state index in [1.807, 2.05) is 0 Å². The quantitative estimate of drug-likeness (QED) is 0.407. The molecule has 1 aliphatic carbocycles. The van der Waals surface area contributed by atoms with Crippen molar-refractivity contribution in [1.82, 2.24) is 0 Å². The Bertz CT molecular complexity index is 797. The lowest BCUT2D eigenvalue weighted by Crippen LogP contribution is -2.22. The molecule has 0 aliphatic heterocycles. The molecule has 3 aromatic rings. The summed E-state index contributed by atoms with van der Waals surface area (Å²) in [6.45, 7) is 0. The maximum Gasteiger partial charge on any atom is 0.0378 e. The van der Waals surface area contributed by atoms with E-state index in [4.69, 9.17) is 12.6 Å². The molecule has 21 heavy (non-hydrogen) atoms. The largest absolute Gasteiger partial charge is 0.168 e. The third-order valence-electron chi connectivity index (χ3n) is 4.96. The van der Waals surface area contributed by atoms with Crippen LogP contribution < -0.4 is 0 Å². The fourth-order valence-corrected chi connectivity index (χ4v) is 4.18. The zero-order chi connectivity index (χ0) is 14.3. The Labute approximate surface area is 131 Å². The average Bonchev–Trinajstić information content (AvgIpc) is 2.55. The van der Waals surface area contributed by atoms with Gasteiger partial charge in [0.1, 0.15) is 0 Å². The Kier molecular flexibility index (Phi) is 3.19. The van der Waals surface area contributed by atoms with Gasteiger partial charge in [0.2, 0.25) is 0 Å². The summed E-state index contributed by atoms with van der Waals surface area (Å²) in [6.07, 6.45) is 6.38. The lowest BCUT2D eigenvalue weighted by Gasteiger charge is -2.33. The Morgan fingerprint density at radius 1 is 0.714 bits per heavy atom. The van der Waals surface area contributed by atoms with Crippen LogP contribution in [0.2, 0.25) is 0 Å². The van der Waals surface area contributed by atoms with E-state index in [0.29, 0.717) is 0 Å².